The summed E-state index contributed by atoms with van der Waals surface area (Å²) in [5.41, 5.74) is -1.21. The topological polar surface area (TPSA) is 48.4 Å². The third-order valence-electron chi connectivity index (χ3n) is 2.81. The van der Waals surface area contributed by atoms with Crippen LogP contribution in [0.1, 0.15) is 12.5 Å². The molecule has 9 heteroatoms. The third-order valence-corrected chi connectivity index (χ3v) is 3.11. The molecule has 2 aromatic rings. The van der Waals surface area contributed by atoms with Gasteiger partial charge in [-0.25, -0.2) is 9.37 Å². The van der Waals surface area contributed by atoms with Crippen molar-refractivity contribution in [3.8, 4) is 17.4 Å². The van der Waals surface area contributed by atoms with Gasteiger partial charge in [0.2, 0.25) is 0 Å². The molecule has 0 saturated carbocycles. The van der Waals surface area contributed by atoms with E-state index in [0.29, 0.717) is 18.0 Å². The number of halogens is 5. The van der Waals surface area contributed by atoms with Gasteiger partial charge in [-0.05, 0) is 48.9 Å². The first kappa shape index (κ1) is 18.0. The summed E-state index contributed by atoms with van der Waals surface area (Å²) in [7, 11) is 0. The van der Waals surface area contributed by atoms with Crippen LogP contribution in [0.4, 0.5) is 17.6 Å². The molecule has 0 aliphatic heterocycles. The summed E-state index contributed by atoms with van der Waals surface area (Å²) >= 11 is 5.26. The summed E-state index contributed by atoms with van der Waals surface area (Å²) in [6, 6.07) is 5.90. The molecule has 4 nitrogen and oxygen atoms in total. The van der Waals surface area contributed by atoms with Crippen molar-refractivity contribution in [2.45, 2.75) is 19.2 Å². The smallest absolute Gasteiger partial charge is 0.417 e. The monoisotopic (exact) mass is 363 g/mol. The molecule has 0 spiro atoms. The maximum absolute atomic E-state index is 13.6. The number of carbonyl (C=O) groups excluding carboxylic acids is 1. The van der Waals surface area contributed by atoms with Crippen molar-refractivity contribution >= 4 is 16.8 Å². The lowest BCUT2D eigenvalue weighted by atomic mass is 10.2. The largest absolute Gasteiger partial charge is 0.482 e. The van der Waals surface area contributed by atoms with Gasteiger partial charge >= 0.3 is 6.18 Å². The van der Waals surface area contributed by atoms with Crippen LogP contribution in [0.2, 0.25) is 0 Å². The van der Waals surface area contributed by atoms with Gasteiger partial charge < -0.3 is 9.47 Å². The Morgan fingerprint density at radius 2 is 1.79 bits per heavy atom. The summed E-state index contributed by atoms with van der Waals surface area (Å²) < 4.78 is 61.2. The van der Waals surface area contributed by atoms with Gasteiger partial charge in [-0.2, -0.15) is 13.2 Å². The number of nitrogens with zero attached hydrogens (tertiary/aromatic N) is 1. The lowest BCUT2D eigenvalue weighted by molar-refractivity contribution is -0.138. The normalized spacial score (nSPS) is 12.6. The third kappa shape index (κ3) is 4.58. The standard InChI is InChI=1S/C15H10ClF4NO3/c1-8(13(16)22)23-10-2-4-11(5-3-10)24-14-12(17)6-9(7-21-14)15(18,19)20/h2-8H,1H3. The molecular formula is C15H10ClF4NO3. The first-order valence-electron chi connectivity index (χ1n) is 6.53. The van der Waals surface area contributed by atoms with Gasteiger partial charge in [0.25, 0.3) is 11.1 Å². The Morgan fingerprint density at radius 3 is 2.29 bits per heavy atom. The van der Waals surface area contributed by atoms with Crippen LogP contribution in [0.3, 0.4) is 0 Å². The van der Waals surface area contributed by atoms with Gasteiger partial charge in [0.1, 0.15) is 11.5 Å². The van der Waals surface area contributed by atoms with E-state index in [9.17, 15) is 22.4 Å². The number of hydrogen-bond donors (Lipinski definition) is 0. The Labute approximate surface area is 139 Å². The van der Waals surface area contributed by atoms with Crippen LogP contribution in [0, 0.1) is 5.82 Å². The van der Waals surface area contributed by atoms with E-state index in [1.165, 1.54) is 31.2 Å². The highest BCUT2D eigenvalue weighted by atomic mass is 35.5. The molecule has 1 aromatic heterocycles. The van der Waals surface area contributed by atoms with Gasteiger partial charge in [0.15, 0.2) is 11.9 Å². The molecule has 24 heavy (non-hydrogen) atoms. The molecule has 1 unspecified atom stereocenters. The Hall–Kier alpha value is -2.35. The molecule has 128 valence electrons. The minimum absolute atomic E-state index is 0.123. The lowest BCUT2D eigenvalue weighted by Gasteiger charge is -2.12. The Kier molecular flexibility index (Phi) is 5.28. The van der Waals surface area contributed by atoms with Crippen molar-refractivity contribution in [2.75, 3.05) is 0 Å². The fourth-order valence-corrected chi connectivity index (χ4v) is 1.65. The SMILES string of the molecule is CC(Oc1ccc(Oc2ncc(C(F)(F)F)cc2F)cc1)C(=O)Cl. The molecular weight excluding hydrogens is 354 g/mol. The zero-order valence-electron chi connectivity index (χ0n) is 12.1. The minimum atomic E-state index is -4.69. The highest BCUT2D eigenvalue weighted by Crippen LogP contribution is 2.32. The fraction of sp³-hybridized carbons (Fsp3) is 0.200. The molecule has 2 rings (SSSR count). The number of benzene rings is 1. The van der Waals surface area contributed by atoms with Crippen LogP contribution in [0.5, 0.6) is 17.4 Å². The van der Waals surface area contributed by atoms with Gasteiger partial charge in [-0.1, -0.05) is 0 Å². The second-order valence-corrected chi connectivity index (χ2v) is 5.02. The first-order valence-corrected chi connectivity index (χ1v) is 6.91. The van der Waals surface area contributed by atoms with Crippen molar-refractivity contribution in [1.82, 2.24) is 4.98 Å². The van der Waals surface area contributed by atoms with Crippen LogP contribution in [0.25, 0.3) is 0 Å². The molecule has 0 amide bonds. The van der Waals surface area contributed by atoms with Crippen molar-refractivity contribution in [1.29, 1.82) is 0 Å². The van der Waals surface area contributed by atoms with Crippen LogP contribution in [0.15, 0.2) is 36.5 Å². The Balaban J connectivity index is 2.10. The molecule has 0 radical (unpaired) electrons. The van der Waals surface area contributed by atoms with Crippen LogP contribution >= 0.6 is 11.6 Å². The molecule has 0 N–H and O–H groups in total. The van der Waals surface area contributed by atoms with E-state index in [-0.39, 0.29) is 5.75 Å². The van der Waals surface area contributed by atoms with Crippen molar-refractivity contribution in [2.24, 2.45) is 0 Å². The average molecular weight is 364 g/mol. The van der Waals surface area contributed by atoms with E-state index in [1.54, 1.807) is 0 Å². The van der Waals surface area contributed by atoms with Gasteiger partial charge in [0, 0.05) is 6.20 Å². The molecule has 0 aliphatic carbocycles. The quantitative estimate of drug-likeness (QED) is 0.577. The van der Waals surface area contributed by atoms with Crippen molar-refractivity contribution in [3.63, 3.8) is 0 Å². The molecule has 1 atom stereocenters. The van der Waals surface area contributed by atoms with Crippen molar-refractivity contribution in [3.05, 3.63) is 47.9 Å². The molecule has 0 fully saturated rings. The number of pyridine rings is 1. The average Bonchev–Trinajstić information content (AvgIpc) is 2.50. The van der Waals surface area contributed by atoms with E-state index in [2.05, 4.69) is 4.98 Å². The van der Waals surface area contributed by atoms with Crippen LogP contribution < -0.4 is 9.47 Å². The zero-order chi connectivity index (χ0) is 17.9. The van der Waals surface area contributed by atoms with Gasteiger partial charge in [-0.3, -0.25) is 4.79 Å². The maximum Gasteiger partial charge on any atom is 0.417 e. The minimum Gasteiger partial charge on any atom is -0.482 e. The maximum atomic E-state index is 13.6. The number of hydrogen-bond acceptors (Lipinski definition) is 4. The molecule has 1 aromatic carbocycles. The second-order valence-electron chi connectivity index (χ2n) is 4.65. The highest BCUT2D eigenvalue weighted by Gasteiger charge is 2.32. The number of ether oxygens (including phenoxy) is 2. The number of rotatable bonds is 5. The molecule has 0 bridgehead atoms. The second kappa shape index (κ2) is 7.04. The molecule has 0 saturated heterocycles. The fourth-order valence-electron chi connectivity index (χ4n) is 1.60. The number of carbonyl (C=O) groups is 1. The van der Waals surface area contributed by atoms with Gasteiger partial charge in [0.05, 0.1) is 5.56 Å². The predicted molar refractivity (Wildman–Crippen MR) is 76.7 cm³/mol. The lowest BCUT2D eigenvalue weighted by Crippen LogP contribution is -2.18. The van der Waals surface area contributed by atoms with E-state index in [4.69, 9.17) is 21.1 Å². The first-order chi connectivity index (χ1) is 11.2. The van der Waals surface area contributed by atoms with E-state index in [1.807, 2.05) is 0 Å². The summed E-state index contributed by atoms with van der Waals surface area (Å²) in [5.74, 6) is -1.41. The summed E-state index contributed by atoms with van der Waals surface area (Å²) in [5, 5.41) is -0.675. The number of alkyl halides is 3. The molecule has 1 heterocycles. The van der Waals surface area contributed by atoms with E-state index >= 15 is 0 Å². The number of aromatic nitrogens is 1. The Morgan fingerprint density at radius 1 is 1.21 bits per heavy atom. The predicted octanol–water partition coefficient (Wildman–Crippen LogP) is 4.56. The zero-order valence-corrected chi connectivity index (χ0v) is 12.9. The van der Waals surface area contributed by atoms with Gasteiger partial charge in [-0.15, -0.1) is 0 Å². The van der Waals surface area contributed by atoms with Crippen molar-refractivity contribution < 1.29 is 31.8 Å². The highest BCUT2D eigenvalue weighted by molar-refractivity contribution is 6.64. The molecule has 0 aliphatic rings. The van der Waals surface area contributed by atoms with E-state index < -0.39 is 34.8 Å². The van der Waals surface area contributed by atoms with Crippen LogP contribution in [-0.4, -0.2) is 16.3 Å². The van der Waals surface area contributed by atoms with Crippen LogP contribution in [-0.2, 0) is 11.0 Å². The summed E-state index contributed by atoms with van der Waals surface area (Å²) in [4.78, 5) is 14.2. The summed E-state index contributed by atoms with van der Waals surface area (Å²) in [6.07, 6.45) is -5.07. The van der Waals surface area contributed by atoms with E-state index in [0.717, 1.165) is 0 Å². The Bertz CT molecular complexity index is 734. The summed E-state index contributed by atoms with van der Waals surface area (Å²) in [6.45, 7) is 1.46.